The Morgan fingerprint density at radius 3 is 3.08 bits per heavy atom. The number of aromatic nitrogens is 2. The maximum atomic E-state index is 8.05. The van der Waals surface area contributed by atoms with Crippen molar-refractivity contribution in [2.45, 2.75) is 6.42 Å². The maximum Gasteiger partial charge on any atom is 0.128 e. The summed E-state index contributed by atoms with van der Waals surface area (Å²) in [5.74, 6) is 0. The third-order valence-corrected chi connectivity index (χ3v) is 1.87. The Kier molecular flexibility index (Phi) is 3.13. The largest absolute Gasteiger partial charge is 0.272 e. The Bertz CT molecular complexity index is 312. The lowest BCUT2D eigenvalue weighted by Gasteiger charge is -1.95. The fourth-order valence-electron chi connectivity index (χ4n) is 0.911. The van der Waals surface area contributed by atoms with Crippen LogP contribution in [0.1, 0.15) is 5.69 Å². The molecule has 64 valence electrons. The van der Waals surface area contributed by atoms with Crippen LogP contribution in [-0.2, 0) is 13.5 Å². The molecule has 0 aliphatic carbocycles. The van der Waals surface area contributed by atoms with Crippen LogP contribution in [0.5, 0.6) is 0 Å². The Labute approximate surface area is 78.1 Å². The topological polar surface area (TPSA) is 66.6 Å². The standard InChI is InChI=1S/C6H8BrN5/c1-12-5(2-3-9-11-8)4-6(7)10-12/h4H,2-3H2,1H3. The van der Waals surface area contributed by atoms with Crippen LogP contribution in [0, 0.1) is 0 Å². The number of hydrogen-bond acceptors (Lipinski definition) is 2. The van der Waals surface area contributed by atoms with Crippen molar-refractivity contribution in [2.24, 2.45) is 12.2 Å². The molecule has 1 aromatic rings. The summed E-state index contributed by atoms with van der Waals surface area (Å²) in [6.45, 7) is 0.475. The van der Waals surface area contributed by atoms with Crippen molar-refractivity contribution in [1.29, 1.82) is 0 Å². The van der Waals surface area contributed by atoms with Crippen LogP contribution < -0.4 is 0 Å². The molecule has 0 fully saturated rings. The molecule has 6 heteroatoms. The SMILES string of the molecule is Cn1nc(Br)cc1CCN=[N+]=[N-]. The van der Waals surface area contributed by atoms with Crippen LogP contribution in [0.15, 0.2) is 15.8 Å². The van der Waals surface area contributed by atoms with E-state index in [0.717, 1.165) is 16.7 Å². The lowest BCUT2D eigenvalue weighted by molar-refractivity contribution is 0.702. The van der Waals surface area contributed by atoms with Gasteiger partial charge >= 0.3 is 0 Å². The lowest BCUT2D eigenvalue weighted by Crippen LogP contribution is -1.99. The molecule has 0 aliphatic rings. The van der Waals surface area contributed by atoms with Gasteiger partial charge in [0.1, 0.15) is 4.60 Å². The predicted molar refractivity (Wildman–Crippen MR) is 48.6 cm³/mol. The molecule has 1 rings (SSSR count). The molecule has 0 N–H and O–H groups in total. The number of rotatable bonds is 3. The summed E-state index contributed by atoms with van der Waals surface area (Å²) < 4.78 is 2.57. The van der Waals surface area contributed by atoms with E-state index in [1.165, 1.54) is 0 Å². The summed E-state index contributed by atoms with van der Waals surface area (Å²) in [7, 11) is 1.86. The van der Waals surface area contributed by atoms with Gasteiger partial charge < -0.3 is 0 Å². The summed E-state index contributed by atoms with van der Waals surface area (Å²) in [6, 6.07) is 1.91. The maximum absolute atomic E-state index is 8.05. The zero-order valence-corrected chi connectivity index (χ0v) is 8.19. The second kappa shape index (κ2) is 4.13. The Balaban J connectivity index is 2.62. The van der Waals surface area contributed by atoms with Gasteiger partial charge in [-0.15, -0.1) is 0 Å². The minimum atomic E-state index is 0.475. The average Bonchev–Trinajstić information content (AvgIpc) is 2.31. The molecular formula is C6H8BrN5. The molecular weight excluding hydrogens is 222 g/mol. The quantitative estimate of drug-likeness (QED) is 0.445. The smallest absolute Gasteiger partial charge is 0.128 e. The highest BCUT2D eigenvalue weighted by Crippen LogP contribution is 2.09. The van der Waals surface area contributed by atoms with Gasteiger partial charge in [0, 0.05) is 24.2 Å². The lowest BCUT2D eigenvalue weighted by atomic mass is 10.3. The fourth-order valence-corrected chi connectivity index (χ4v) is 1.41. The van der Waals surface area contributed by atoms with E-state index in [1.54, 1.807) is 4.68 Å². The minimum absolute atomic E-state index is 0.475. The van der Waals surface area contributed by atoms with Crippen LogP contribution in [0.2, 0.25) is 0 Å². The van der Waals surface area contributed by atoms with Crippen molar-refractivity contribution in [3.63, 3.8) is 0 Å². The van der Waals surface area contributed by atoms with Gasteiger partial charge in [0.2, 0.25) is 0 Å². The monoisotopic (exact) mass is 229 g/mol. The van der Waals surface area contributed by atoms with Gasteiger partial charge in [-0.1, -0.05) is 5.11 Å². The van der Waals surface area contributed by atoms with Crippen LogP contribution in [-0.4, -0.2) is 16.3 Å². The molecule has 0 unspecified atom stereocenters. The summed E-state index contributed by atoms with van der Waals surface area (Å²) in [5.41, 5.74) is 9.10. The normalized spacial score (nSPS) is 9.50. The van der Waals surface area contributed by atoms with Crippen molar-refractivity contribution >= 4 is 15.9 Å². The van der Waals surface area contributed by atoms with Crippen molar-refractivity contribution in [3.05, 3.63) is 26.8 Å². The van der Waals surface area contributed by atoms with Gasteiger partial charge in [-0.3, -0.25) is 4.68 Å². The molecule has 1 heterocycles. The summed E-state index contributed by atoms with van der Waals surface area (Å²) in [6.07, 6.45) is 0.721. The zero-order chi connectivity index (χ0) is 8.97. The van der Waals surface area contributed by atoms with Crippen LogP contribution in [0.25, 0.3) is 10.4 Å². The van der Waals surface area contributed by atoms with Crippen molar-refractivity contribution < 1.29 is 0 Å². The molecule has 0 spiro atoms. The van der Waals surface area contributed by atoms with Crippen LogP contribution in [0.4, 0.5) is 0 Å². The Hall–Kier alpha value is -1.00. The highest BCUT2D eigenvalue weighted by Gasteiger charge is 2.00. The minimum Gasteiger partial charge on any atom is -0.272 e. The second-order valence-electron chi connectivity index (χ2n) is 2.29. The highest BCUT2D eigenvalue weighted by atomic mass is 79.9. The fraction of sp³-hybridized carbons (Fsp3) is 0.500. The Morgan fingerprint density at radius 2 is 2.58 bits per heavy atom. The number of nitrogens with zero attached hydrogens (tertiary/aromatic N) is 5. The van der Waals surface area contributed by atoms with E-state index in [-0.39, 0.29) is 0 Å². The summed E-state index contributed by atoms with van der Waals surface area (Å²) in [5, 5.41) is 7.53. The second-order valence-corrected chi connectivity index (χ2v) is 3.10. The van der Waals surface area contributed by atoms with Gasteiger partial charge in [-0.2, -0.15) is 5.10 Å². The van der Waals surface area contributed by atoms with Gasteiger partial charge in [-0.25, -0.2) is 0 Å². The third kappa shape index (κ3) is 2.25. The molecule has 5 nitrogen and oxygen atoms in total. The van der Waals surface area contributed by atoms with E-state index in [9.17, 15) is 0 Å². The Morgan fingerprint density at radius 1 is 1.83 bits per heavy atom. The summed E-state index contributed by atoms with van der Waals surface area (Å²) >= 11 is 3.26. The van der Waals surface area contributed by atoms with E-state index in [1.807, 2.05) is 13.1 Å². The molecule has 1 aromatic heterocycles. The van der Waals surface area contributed by atoms with Gasteiger partial charge in [-0.05, 0) is 33.9 Å². The van der Waals surface area contributed by atoms with Crippen LogP contribution in [0.3, 0.4) is 0 Å². The first kappa shape index (κ1) is 9.09. The third-order valence-electron chi connectivity index (χ3n) is 1.48. The first-order valence-electron chi connectivity index (χ1n) is 3.43. The molecule has 0 atom stereocenters. The van der Waals surface area contributed by atoms with Crippen molar-refractivity contribution in [1.82, 2.24) is 9.78 Å². The first-order valence-corrected chi connectivity index (χ1v) is 4.22. The zero-order valence-electron chi connectivity index (χ0n) is 6.61. The number of azide groups is 1. The van der Waals surface area contributed by atoms with Crippen molar-refractivity contribution in [3.8, 4) is 0 Å². The van der Waals surface area contributed by atoms with Gasteiger partial charge in [0.05, 0.1) is 0 Å². The van der Waals surface area contributed by atoms with Crippen LogP contribution >= 0.6 is 15.9 Å². The van der Waals surface area contributed by atoms with Gasteiger partial charge in [0.25, 0.3) is 0 Å². The predicted octanol–water partition coefficient (Wildman–Crippen LogP) is 2.04. The highest BCUT2D eigenvalue weighted by molar-refractivity contribution is 9.10. The van der Waals surface area contributed by atoms with E-state index in [0.29, 0.717) is 6.54 Å². The van der Waals surface area contributed by atoms with E-state index in [2.05, 4.69) is 31.1 Å². The number of halogens is 1. The van der Waals surface area contributed by atoms with Gasteiger partial charge in [0.15, 0.2) is 0 Å². The average molecular weight is 230 g/mol. The summed E-state index contributed by atoms with van der Waals surface area (Å²) in [4.78, 5) is 2.67. The van der Waals surface area contributed by atoms with E-state index in [4.69, 9.17) is 5.53 Å². The molecule has 0 aromatic carbocycles. The molecule has 0 saturated carbocycles. The molecule has 0 bridgehead atoms. The first-order chi connectivity index (χ1) is 5.74. The molecule has 12 heavy (non-hydrogen) atoms. The molecule has 0 radical (unpaired) electrons. The van der Waals surface area contributed by atoms with E-state index >= 15 is 0 Å². The van der Waals surface area contributed by atoms with E-state index < -0.39 is 0 Å². The molecule has 0 aliphatic heterocycles. The number of aryl methyl sites for hydroxylation is 1. The molecule has 0 amide bonds. The van der Waals surface area contributed by atoms with Crippen molar-refractivity contribution in [2.75, 3.05) is 6.54 Å². The molecule has 0 saturated heterocycles. The number of hydrogen-bond donors (Lipinski definition) is 0.